The molecule has 1 aliphatic carbocycles. The van der Waals surface area contributed by atoms with Gasteiger partial charge in [0.25, 0.3) is 0 Å². The standard InChI is InChI=1S/C22H34FN5O.HI/c1-4-28-12-6-9-19(28)14-24-21(25-15-20(29)27(2)3)26-16-22(10-11-22)17-7-5-8-18(23)13-17;/h5,7-8,13,19H,4,6,9-12,14-16H2,1-3H3,(H2,24,25,26);1H. The number of likely N-dealkylation sites (N-methyl/N-ethyl adjacent to an activating group) is 2. The summed E-state index contributed by atoms with van der Waals surface area (Å²) < 4.78 is 13.7. The van der Waals surface area contributed by atoms with E-state index in [4.69, 9.17) is 0 Å². The highest BCUT2D eigenvalue weighted by atomic mass is 127. The maximum Gasteiger partial charge on any atom is 0.243 e. The second kappa shape index (κ2) is 11.3. The minimum atomic E-state index is -0.196. The van der Waals surface area contributed by atoms with Crippen molar-refractivity contribution in [2.75, 3.05) is 46.8 Å². The number of hydrogen-bond donors (Lipinski definition) is 2. The Morgan fingerprint density at radius 2 is 2.10 bits per heavy atom. The van der Waals surface area contributed by atoms with Crippen LogP contribution in [0.5, 0.6) is 0 Å². The van der Waals surface area contributed by atoms with Crippen molar-refractivity contribution in [3.05, 3.63) is 35.6 Å². The summed E-state index contributed by atoms with van der Waals surface area (Å²) in [5, 5.41) is 6.85. The monoisotopic (exact) mass is 531 g/mol. The third kappa shape index (κ3) is 6.54. The van der Waals surface area contributed by atoms with Crippen molar-refractivity contribution >= 4 is 35.8 Å². The van der Waals surface area contributed by atoms with Crippen LogP contribution in [0.2, 0.25) is 0 Å². The molecule has 1 amide bonds. The smallest absolute Gasteiger partial charge is 0.243 e. The lowest BCUT2D eigenvalue weighted by atomic mass is 9.96. The van der Waals surface area contributed by atoms with Gasteiger partial charge in [0.2, 0.25) is 5.91 Å². The van der Waals surface area contributed by atoms with Crippen LogP contribution in [0.15, 0.2) is 29.3 Å². The predicted octanol–water partition coefficient (Wildman–Crippen LogP) is 2.58. The molecule has 1 saturated carbocycles. The number of nitrogens with one attached hydrogen (secondary N) is 2. The molecule has 2 fully saturated rings. The average Bonchev–Trinajstić information content (AvgIpc) is 3.37. The van der Waals surface area contributed by atoms with Gasteiger partial charge in [-0.2, -0.15) is 0 Å². The first-order chi connectivity index (χ1) is 13.9. The molecule has 1 unspecified atom stereocenters. The van der Waals surface area contributed by atoms with Gasteiger partial charge in [0.15, 0.2) is 5.96 Å². The number of benzene rings is 1. The zero-order valence-corrected chi connectivity index (χ0v) is 20.6. The van der Waals surface area contributed by atoms with Gasteiger partial charge in [-0.15, -0.1) is 24.0 Å². The van der Waals surface area contributed by atoms with E-state index in [1.807, 2.05) is 6.07 Å². The second-order valence-electron chi connectivity index (χ2n) is 8.40. The Labute approximate surface area is 196 Å². The number of amides is 1. The molecule has 6 nitrogen and oxygen atoms in total. The molecule has 8 heteroatoms. The molecule has 2 N–H and O–H groups in total. The maximum atomic E-state index is 13.7. The third-order valence-corrected chi connectivity index (χ3v) is 6.17. The summed E-state index contributed by atoms with van der Waals surface area (Å²) in [6.45, 7) is 5.98. The fourth-order valence-electron chi connectivity index (χ4n) is 4.01. The van der Waals surface area contributed by atoms with Crippen molar-refractivity contribution in [2.45, 2.75) is 44.1 Å². The van der Waals surface area contributed by atoms with Gasteiger partial charge in [0.05, 0.1) is 0 Å². The Hall–Kier alpha value is -1.42. The molecule has 0 bridgehead atoms. The van der Waals surface area contributed by atoms with Crippen LogP contribution in [0.4, 0.5) is 4.39 Å². The second-order valence-corrected chi connectivity index (χ2v) is 8.40. The highest BCUT2D eigenvalue weighted by Crippen LogP contribution is 2.47. The maximum absolute atomic E-state index is 13.7. The van der Waals surface area contributed by atoms with Crippen molar-refractivity contribution in [2.24, 2.45) is 4.99 Å². The SMILES string of the molecule is CCN1CCCC1CNC(=NCC(=O)N(C)C)NCC1(c2cccc(F)c2)CC1.I. The van der Waals surface area contributed by atoms with Crippen LogP contribution in [-0.4, -0.2) is 74.5 Å². The zero-order chi connectivity index (χ0) is 20.9. The van der Waals surface area contributed by atoms with Crippen molar-refractivity contribution in [1.29, 1.82) is 0 Å². The first kappa shape index (κ1) is 24.8. The van der Waals surface area contributed by atoms with Crippen LogP contribution >= 0.6 is 24.0 Å². The molecule has 0 radical (unpaired) electrons. The summed E-state index contributed by atoms with van der Waals surface area (Å²) in [5.74, 6) is 0.428. The van der Waals surface area contributed by atoms with Crippen LogP contribution in [0, 0.1) is 5.82 Å². The molecule has 1 atom stereocenters. The summed E-state index contributed by atoms with van der Waals surface area (Å²) in [4.78, 5) is 20.5. The largest absolute Gasteiger partial charge is 0.356 e. The van der Waals surface area contributed by atoms with Gasteiger partial charge >= 0.3 is 0 Å². The van der Waals surface area contributed by atoms with Crippen molar-refractivity contribution < 1.29 is 9.18 Å². The van der Waals surface area contributed by atoms with Crippen LogP contribution in [0.25, 0.3) is 0 Å². The Balaban J connectivity index is 0.00000320. The molecule has 3 rings (SSSR count). The number of nitrogens with zero attached hydrogens (tertiary/aromatic N) is 3. The zero-order valence-electron chi connectivity index (χ0n) is 18.3. The molecule has 1 aliphatic heterocycles. The van der Waals surface area contributed by atoms with Gasteiger partial charge in [0.1, 0.15) is 12.4 Å². The van der Waals surface area contributed by atoms with Crippen molar-refractivity contribution in [3.8, 4) is 0 Å². The highest BCUT2D eigenvalue weighted by molar-refractivity contribution is 14.0. The number of halogens is 2. The number of aliphatic imine (C=N–C) groups is 1. The number of carbonyl (C=O) groups is 1. The van der Waals surface area contributed by atoms with E-state index in [0.29, 0.717) is 18.5 Å². The van der Waals surface area contributed by atoms with Crippen molar-refractivity contribution in [1.82, 2.24) is 20.4 Å². The third-order valence-electron chi connectivity index (χ3n) is 6.17. The average molecular weight is 531 g/mol. The number of guanidine groups is 1. The Kier molecular flexibility index (Phi) is 9.33. The molecular weight excluding hydrogens is 496 g/mol. The van der Waals surface area contributed by atoms with Gasteiger partial charge in [-0.25, -0.2) is 9.38 Å². The molecular formula is C22H35FIN5O. The lowest BCUT2D eigenvalue weighted by Gasteiger charge is -2.25. The molecule has 0 aromatic heterocycles. The normalized spacial score (nSPS) is 20.4. The van der Waals surface area contributed by atoms with E-state index in [1.165, 1.54) is 18.9 Å². The topological polar surface area (TPSA) is 60.0 Å². The van der Waals surface area contributed by atoms with E-state index in [9.17, 15) is 9.18 Å². The number of rotatable bonds is 8. The minimum absolute atomic E-state index is 0. The summed E-state index contributed by atoms with van der Waals surface area (Å²) in [7, 11) is 3.47. The molecule has 1 aromatic carbocycles. The number of likely N-dealkylation sites (tertiary alicyclic amines) is 1. The highest BCUT2D eigenvalue weighted by Gasteiger charge is 2.44. The molecule has 1 heterocycles. The summed E-state index contributed by atoms with van der Waals surface area (Å²) >= 11 is 0. The predicted molar refractivity (Wildman–Crippen MR) is 130 cm³/mol. The van der Waals surface area contributed by atoms with E-state index >= 15 is 0 Å². The molecule has 1 aromatic rings. The summed E-state index contributed by atoms with van der Waals surface area (Å²) in [5.41, 5.74) is 0.987. The Morgan fingerprint density at radius 1 is 1.33 bits per heavy atom. The molecule has 2 aliphatic rings. The Morgan fingerprint density at radius 3 is 2.73 bits per heavy atom. The fourth-order valence-corrected chi connectivity index (χ4v) is 4.01. The molecule has 1 saturated heterocycles. The first-order valence-corrected chi connectivity index (χ1v) is 10.7. The van der Waals surface area contributed by atoms with Gasteiger partial charge in [-0.05, 0) is 56.5 Å². The van der Waals surface area contributed by atoms with E-state index < -0.39 is 0 Å². The summed E-state index contributed by atoms with van der Waals surface area (Å²) in [6, 6.07) is 7.37. The van der Waals surface area contributed by atoms with Crippen LogP contribution < -0.4 is 10.6 Å². The van der Waals surface area contributed by atoms with E-state index in [2.05, 4.69) is 27.4 Å². The number of carbonyl (C=O) groups excluding carboxylic acids is 1. The lowest BCUT2D eigenvalue weighted by Crippen LogP contribution is -2.47. The molecule has 30 heavy (non-hydrogen) atoms. The fraction of sp³-hybridized carbons (Fsp3) is 0.636. The minimum Gasteiger partial charge on any atom is -0.356 e. The van der Waals surface area contributed by atoms with Gasteiger partial charge in [-0.3, -0.25) is 9.69 Å². The van der Waals surface area contributed by atoms with Gasteiger partial charge in [-0.1, -0.05) is 19.1 Å². The van der Waals surface area contributed by atoms with Gasteiger partial charge < -0.3 is 15.5 Å². The van der Waals surface area contributed by atoms with Crippen LogP contribution in [-0.2, 0) is 10.2 Å². The van der Waals surface area contributed by atoms with Crippen LogP contribution in [0.3, 0.4) is 0 Å². The first-order valence-electron chi connectivity index (χ1n) is 10.7. The van der Waals surface area contributed by atoms with Crippen LogP contribution in [0.1, 0.15) is 38.2 Å². The molecule has 0 spiro atoms. The van der Waals surface area contributed by atoms with E-state index in [0.717, 1.165) is 38.0 Å². The Bertz CT molecular complexity index is 738. The number of hydrogen-bond acceptors (Lipinski definition) is 3. The summed E-state index contributed by atoms with van der Waals surface area (Å²) in [6.07, 6.45) is 4.46. The van der Waals surface area contributed by atoms with E-state index in [1.54, 1.807) is 31.1 Å². The molecule has 168 valence electrons. The van der Waals surface area contributed by atoms with E-state index in [-0.39, 0.29) is 47.7 Å². The lowest BCUT2D eigenvalue weighted by molar-refractivity contribution is -0.127. The quantitative estimate of drug-likeness (QED) is 0.308. The van der Waals surface area contributed by atoms with Gasteiger partial charge in [0, 0.05) is 38.6 Å². The van der Waals surface area contributed by atoms with Crippen molar-refractivity contribution in [3.63, 3.8) is 0 Å².